The zero-order valence-corrected chi connectivity index (χ0v) is 10.8. The number of aromatic hydroxyl groups is 1. The summed E-state index contributed by atoms with van der Waals surface area (Å²) in [6.45, 7) is 0.948. The van der Waals surface area contributed by atoms with E-state index in [9.17, 15) is 5.11 Å². The highest BCUT2D eigenvalue weighted by Gasteiger charge is 2.23. The van der Waals surface area contributed by atoms with Crippen molar-refractivity contribution in [1.82, 2.24) is 10.3 Å². The lowest BCUT2D eigenvalue weighted by molar-refractivity contribution is 0.469. The van der Waals surface area contributed by atoms with Gasteiger partial charge in [0.15, 0.2) is 0 Å². The fourth-order valence-corrected chi connectivity index (χ4v) is 2.79. The van der Waals surface area contributed by atoms with E-state index >= 15 is 0 Å². The van der Waals surface area contributed by atoms with Crippen LogP contribution in [0.2, 0.25) is 0 Å². The first-order chi connectivity index (χ1) is 9.34. The molecule has 0 aliphatic heterocycles. The molecule has 1 aromatic carbocycles. The average Bonchev–Trinajstić information content (AvgIpc) is 2.85. The van der Waals surface area contributed by atoms with E-state index in [2.05, 4.69) is 28.5 Å². The molecule has 1 aliphatic rings. The first-order valence-corrected chi connectivity index (χ1v) is 6.77. The molecule has 98 valence electrons. The average molecular weight is 254 g/mol. The summed E-state index contributed by atoms with van der Waals surface area (Å²) in [5, 5.41) is 13.4. The minimum atomic E-state index is 0.379. The maximum atomic E-state index is 9.82. The lowest BCUT2D eigenvalue weighted by Gasteiger charge is -2.14. The van der Waals surface area contributed by atoms with Gasteiger partial charge < -0.3 is 10.4 Å². The molecule has 1 aromatic heterocycles. The predicted octanol–water partition coefficient (Wildman–Crippen LogP) is 2.61. The van der Waals surface area contributed by atoms with Gasteiger partial charge in [0.2, 0.25) is 0 Å². The molecule has 2 N–H and O–H groups in total. The van der Waals surface area contributed by atoms with E-state index in [1.54, 1.807) is 6.07 Å². The van der Waals surface area contributed by atoms with E-state index in [1.807, 2.05) is 18.5 Å². The van der Waals surface area contributed by atoms with Crippen LogP contribution in [0.3, 0.4) is 0 Å². The van der Waals surface area contributed by atoms with Gasteiger partial charge >= 0.3 is 0 Å². The van der Waals surface area contributed by atoms with E-state index in [4.69, 9.17) is 0 Å². The first kappa shape index (κ1) is 12.2. The summed E-state index contributed by atoms with van der Waals surface area (Å²) >= 11 is 0. The number of pyridine rings is 1. The summed E-state index contributed by atoms with van der Waals surface area (Å²) in [5.41, 5.74) is 3.68. The Hall–Kier alpha value is -1.87. The zero-order valence-electron chi connectivity index (χ0n) is 10.8. The van der Waals surface area contributed by atoms with Gasteiger partial charge in [-0.1, -0.05) is 12.1 Å². The molecule has 0 saturated heterocycles. The molecule has 0 saturated carbocycles. The Balaban J connectivity index is 1.60. The van der Waals surface area contributed by atoms with Crippen LogP contribution in [-0.4, -0.2) is 16.6 Å². The van der Waals surface area contributed by atoms with Crippen molar-refractivity contribution in [2.75, 3.05) is 6.54 Å². The molecule has 19 heavy (non-hydrogen) atoms. The zero-order chi connectivity index (χ0) is 13.1. The largest absolute Gasteiger partial charge is 0.508 e. The number of hydrogen-bond acceptors (Lipinski definition) is 3. The Morgan fingerprint density at radius 1 is 1.21 bits per heavy atom. The van der Waals surface area contributed by atoms with Crippen molar-refractivity contribution in [1.29, 1.82) is 0 Å². The molecular formula is C16H18N2O. The number of hydrogen-bond donors (Lipinski definition) is 2. The van der Waals surface area contributed by atoms with Crippen LogP contribution in [0.25, 0.3) is 0 Å². The summed E-state index contributed by atoms with van der Waals surface area (Å²) < 4.78 is 0. The van der Waals surface area contributed by atoms with Gasteiger partial charge in [-0.05, 0) is 60.7 Å². The number of benzene rings is 1. The Morgan fingerprint density at radius 3 is 2.89 bits per heavy atom. The third-order valence-corrected chi connectivity index (χ3v) is 3.80. The molecule has 3 nitrogen and oxygen atoms in total. The van der Waals surface area contributed by atoms with Gasteiger partial charge in [0.05, 0.1) is 0 Å². The second-order valence-electron chi connectivity index (χ2n) is 5.00. The molecule has 0 radical (unpaired) electrons. The Bertz CT molecular complexity index is 554. The van der Waals surface area contributed by atoms with Crippen molar-refractivity contribution in [3.63, 3.8) is 0 Å². The van der Waals surface area contributed by atoms with Gasteiger partial charge in [-0.25, -0.2) is 0 Å². The minimum Gasteiger partial charge on any atom is -0.508 e. The van der Waals surface area contributed by atoms with Crippen molar-refractivity contribution >= 4 is 0 Å². The molecule has 3 heteroatoms. The van der Waals surface area contributed by atoms with Crippen LogP contribution in [0.4, 0.5) is 0 Å². The van der Waals surface area contributed by atoms with Gasteiger partial charge in [-0.15, -0.1) is 0 Å². The number of nitrogens with one attached hydrogen (secondary N) is 1. The fourth-order valence-electron chi connectivity index (χ4n) is 2.79. The lowest BCUT2D eigenvalue weighted by atomic mass is 10.1. The maximum Gasteiger partial charge on any atom is 0.119 e. The highest BCUT2D eigenvalue weighted by atomic mass is 16.3. The summed E-state index contributed by atoms with van der Waals surface area (Å²) in [7, 11) is 0. The summed E-state index contributed by atoms with van der Waals surface area (Å²) in [5.74, 6) is 0.441. The maximum absolute atomic E-state index is 9.82. The number of rotatable bonds is 4. The van der Waals surface area contributed by atoms with Gasteiger partial charge in [0, 0.05) is 18.4 Å². The summed E-state index contributed by atoms with van der Waals surface area (Å²) in [6, 6.07) is 10.3. The highest BCUT2D eigenvalue weighted by Crippen LogP contribution is 2.36. The molecule has 0 fully saturated rings. The number of phenolic OH excluding ortho intramolecular Hbond substituents is 1. The number of nitrogens with zero attached hydrogens (tertiary/aromatic N) is 1. The SMILES string of the molecule is Oc1cccc2c1CCC2NCCc1ccncc1. The second kappa shape index (κ2) is 5.41. The minimum absolute atomic E-state index is 0.379. The van der Waals surface area contributed by atoms with E-state index in [-0.39, 0.29) is 0 Å². The van der Waals surface area contributed by atoms with Crippen molar-refractivity contribution < 1.29 is 5.11 Å². The highest BCUT2D eigenvalue weighted by molar-refractivity contribution is 5.44. The first-order valence-electron chi connectivity index (χ1n) is 6.77. The van der Waals surface area contributed by atoms with E-state index in [0.29, 0.717) is 11.8 Å². The van der Waals surface area contributed by atoms with Gasteiger partial charge in [0.25, 0.3) is 0 Å². The van der Waals surface area contributed by atoms with Crippen LogP contribution < -0.4 is 5.32 Å². The van der Waals surface area contributed by atoms with Crippen molar-refractivity contribution in [3.05, 3.63) is 59.4 Å². The molecule has 1 atom stereocenters. The van der Waals surface area contributed by atoms with Crippen LogP contribution in [0, 0.1) is 0 Å². The van der Waals surface area contributed by atoms with E-state index < -0.39 is 0 Å². The lowest BCUT2D eigenvalue weighted by Crippen LogP contribution is -2.21. The molecule has 0 spiro atoms. The third-order valence-electron chi connectivity index (χ3n) is 3.80. The fraction of sp³-hybridized carbons (Fsp3) is 0.312. The number of fused-ring (bicyclic) bond motifs is 1. The molecule has 0 amide bonds. The topological polar surface area (TPSA) is 45.1 Å². The molecule has 0 bridgehead atoms. The monoisotopic (exact) mass is 254 g/mol. The van der Waals surface area contributed by atoms with Crippen LogP contribution in [-0.2, 0) is 12.8 Å². The molecule has 2 aromatic rings. The molecule has 1 heterocycles. The molecular weight excluding hydrogens is 236 g/mol. The van der Waals surface area contributed by atoms with E-state index in [0.717, 1.165) is 31.4 Å². The van der Waals surface area contributed by atoms with E-state index in [1.165, 1.54) is 11.1 Å². The normalized spacial score (nSPS) is 17.4. The van der Waals surface area contributed by atoms with Crippen LogP contribution in [0.1, 0.15) is 29.2 Å². The predicted molar refractivity (Wildman–Crippen MR) is 75.1 cm³/mol. The van der Waals surface area contributed by atoms with Gasteiger partial charge in [-0.2, -0.15) is 0 Å². The molecule has 1 unspecified atom stereocenters. The third kappa shape index (κ3) is 2.61. The number of phenols is 1. The van der Waals surface area contributed by atoms with Crippen molar-refractivity contribution in [2.45, 2.75) is 25.3 Å². The van der Waals surface area contributed by atoms with Crippen LogP contribution in [0.5, 0.6) is 5.75 Å². The summed E-state index contributed by atoms with van der Waals surface area (Å²) in [4.78, 5) is 4.02. The molecule has 1 aliphatic carbocycles. The van der Waals surface area contributed by atoms with Gasteiger partial charge in [0.1, 0.15) is 5.75 Å². The second-order valence-corrected chi connectivity index (χ2v) is 5.00. The van der Waals surface area contributed by atoms with Gasteiger partial charge in [-0.3, -0.25) is 4.98 Å². The number of aromatic nitrogens is 1. The Kier molecular flexibility index (Phi) is 3.47. The standard InChI is InChI=1S/C16H18N2O/c19-16-3-1-2-13-14(16)4-5-15(13)18-11-8-12-6-9-17-10-7-12/h1-3,6-7,9-10,15,18-19H,4-5,8,11H2. The van der Waals surface area contributed by atoms with Crippen LogP contribution in [0.15, 0.2) is 42.7 Å². The Labute approximate surface area is 113 Å². The Morgan fingerprint density at radius 2 is 2.05 bits per heavy atom. The smallest absolute Gasteiger partial charge is 0.119 e. The molecule has 3 rings (SSSR count). The van der Waals surface area contributed by atoms with Crippen molar-refractivity contribution in [2.24, 2.45) is 0 Å². The quantitative estimate of drug-likeness (QED) is 0.881. The summed E-state index contributed by atoms with van der Waals surface area (Å²) in [6.07, 6.45) is 6.71. The van der Waals surface area contributed by atoms with Crippen LogP contribution >= 0.6 is 0 Å². The van der Waals surface area contributed by atoms with Crippen molar-refractivity contribution in [3.8, 4) is 5.75 Å².